The molecule has 25 heavy (non-hydrogen) atoms. The van der Waals surface area contributed by atoms with Crippen LogP contribution < -0.4 is 5.32 Å². The third kappa shape index (κ3) is 3.12. The Hall–Kier alpha value is -3.12. The van der Waals surface area contributed by atoms with Gasteiger partial charge >= 0.3 is 0 Å². The first-order valence-electron chi connectivity index (χ1n) is 7.61. The van der Waals surface area contributed by atoms with E-state index in [1.807, 2.05) is 18.2 Å². The van der Waals surface area contributed by atoms with Crippen LogP contribution >= 0.6 is 11.6 Å². The standard InChI is InChI=1S/C18H13ClN4O2/c19-15-3-1-2-12(8-15)9-20-18(24)13-4-5-16-21-22-17(23(16)10-13)14-6-7-25-11-14/h1-8,10-11H,9H2,(H,20,24). The van der Waals surface area contributed by atoms with E-state index in [9.17, 15) is 4.79 Å². The number of hydrogen-bond donors (Lipinski definition) is 1. The third-order valence-electron chi connectivity index (χ3n) is 3.79. The van der Waals surface area contributed by atoms with E-state index >= 15 is 0 Å². The molecule has 0 aliphatic heterocycles. The second kappa shape index (κ2) is 6.41. The molecule has 1 amide bonds. The van der Waals surface area contributed by atoms with Gasteiger partial charge in [-0.05, 0) is 35.9 Å². The van der Waals surface area contributed by atoms with E-state index in [4.69, 9.17) is 16.0 Å². The molecule has 124 valence electrons. The summed E-state index contributed by atoms with van der Waals surface area (Å²) in [5, 5.41) is 11.8. The molecule has 3 aromatic heterocycles. The normalized spacial score (nSPS) is 10.9. The molecule has 0 aliphatic carbocycles. The number of carbonyl (C=O) groups excluding carboxylic acids is 1. The molecule has 0 atom stereocenters. The van der Waals surface area contributed by atoms with Crippen molar-refractivity contribution >= 4 is 23.2 Å². The zero-order valence-electron chi connectivity index (χ0n) is 13.0. The molecule has 0 radical (unpaired) electrons. The van der Waals surface area contributed by atoms with Crippen molar-refractivity contribution in [3.8, 4) is 11.4 Å². The minimum absolute atomic E-state index is 0.186. The van der Waals surface area contributed by atoms with E-state index in [2.05, 4.69) is 15.5 Å². The first-order valence-corrected chi connectivity index (χ1v) is 7.98. The van der Waals surface area contributed by atoms with Crippen LogP contribution in [0.5, 0.6) is 0 Å². The molecule has 7 heteroatoms. The number of aromatic nitrogens is 3. The second-order valence-corrected chi connectivity index (χ2v) is 5.93. The number of pyridine rings is 1. The second-order valence-electron chi connectivity index (χ2n) is 5.49. The van der Waals surface area contributed by atoms with Crippen LogP contribution in [0.2, 0.25) is 5.02 Å². The van der Waals surface area contributed by atoms with Crippen molar-refractivity contribution in [1.29, 1.82) is 0 Å². The highest BCUT2D eigenvalue weighted by molar-refractivity contribution is 6.30. The Morgan fingerprint density at radius 2 is 2.12 bits per heavy atom. The number of fused-ring (bicyclic) bond motifs is 1. The Balaban J connectivity index is 1.58. The first-order chi connectivity index (χ1) is 12.2. The molecule has 1 N–H and O–H groups in total. The molecule has 6 nitrogen and oxygen atoms in total. The van der Waals surface area contributed by atoms with Gasteiger partial charge in [-0.3, -0.25) is 9.20 Å². The predicted molar refractivity (Wildman–Crippen MR) is 93.3 cm³/mol. The van der Waals surface area contributed by atoms with Crippen LogP contribution in [0, 0.1) is 0 Å². The van der Waals surface area contributed by atoms with Gasteiger partial charge in [-0.15, -0.1) is 10.2 Å². The van der Waals surface area contributed by atoms with Gasteiger partial charge in [0.15, 0.2) is 11.5 Å². The van der Waals surface area contributed by atoms with Crippen molar-refractivity contribution in [2.45, 2.75) is 6.54 Å². The molecule has 0 saturated carbocycles. The summed E-state index contributed by atoms with van der Waals surface area (Å²) >= 11 is 5.96. The predicted octanol–water partition coefficient (Wildman–Crippen LogP) is 3.57. The number of hydrogen-bond acceptors (Lipinski definition) is 4. The Bertz CT molecular complexity index is 1040. The number of rotatable bonds is 4. The molecule has 0 fully saturated rings. The van der Waals surface area contributed by atoms with Crippen LogP contribution in [0.25, 0.3) is 17.0 Å². The first kappa shape index (κ1) is 15.4. The van der Waals surface area contributed by atoms with Crippen LogP contribution in [0.3, 0.4) is 0 Å². The summed E-state index contributed by atoms with van der Waals surface area (Å²) in [6.45, 7) is 0.397. The molecule has 0 spiro atoms. The fraction of sp³-hybridized carbons (Fsp3) is 0.0556. The summed E-state index contributed by atoms with van der Waals surface area (Å²) in [6, 6.07) is 12.6. The van der Waals surface area contributed by atoms with Gasteiger partial charge in [0, 0.05) is 17.8 Å². The Kier molecular flexibility index (Phi) is 3.95. The maximum atomic E-state index is 12.4. The van der Waals surface area contributed by atoms with E-state index in [-0.39, 0.29) is 5.91 Å². The monoisotopic (exact) mass is 352 g/mol. The number of benzene rings is 1. The lowest BCUT2D eigenvalue weighted by molar-refractivity contribution is 0.0950. The van der Waals surface area contributed by atoms with Crippen LogP contribution in [0.4, 0.5) is 0 Å². The van der Waals surface area contributed by atoms with Crippen LogP contribution in [-0.2, 0) is 6.54 Å². The average Bonchev–Trinajstić information content (AvgIpc) is 3.28. The zero-order chi connectivity index (χ0) is 17.2. The Labute approximate surface area is 148 Å². The highest BCUT2D eigenvalue weighted by Crippen LogP contribution is 2.19. The van der Waals surface area contributed by atoms with Crippen LogP contribution in [-0.4, -0.2) is 20.5 Å². The maximum absolute atomic E-state index is 12.4. The lowest BCUT2D eigenvalue weighted by Crippen LogP contribution is -2.23. The van der Waals surface area contributed by atoms with Gasteiger partial charge < -0.3 is 9.73 Å². The molecule has 0 saturated heterocycles. The van der Waals surface area contributed by atoms with E-state index in [0.717, 1.165) is 11.1 Å². The number of carbonyl (C=O) groups is 1. The lowest BCUT2D eigenvalue weighted by Gasteiger charge is -2.07. The summed E-state index contributed by atoms with van der Waals surface area (Å²) in [6.07, 6.45) is 4.87. The maximum Gasteiger partial charge on any atom is 0.253 e. The number of furan rings is 1. The Morgan fingerprint density at radius 3 is 2.92 bits per heavy atom. The average molecular weight is 353 g/mol. The Morgan fingerprint density at radius 1 is 1.20 bits per heavy atom. The molecule has 0 unspecified atom stereocenters. The van der Waals surface area contributed by atoms with Crippen molar-refractivity contribution in [1.82, 2.24) is 19.9 Å². The lowest BCUT2D eigenvalue weighted by atomic mass is 10.2. The summed E-state index contributed by atoms with van der Waals surface area (Å²) in [5.41, 5.74) is 2.90. The van der Waals surface area contributed by atoms with Crippen molar-refractivity contribution < 1.29 is 9.21 Å². The highest BCUT2D eigenvalue weighted by Gasteiger charge is 2.12. The van der Waals surface area contributed by atoms with Gasteiger partial charge in [0.05, 0.1) is 17.4 Å². The van der Waals surface area contributed by atoms with Gasteiger partial charge in [0.1, 0.15) is 6.26 Å². The summed E-state index contributed by atoms with van der Waals surface area (Å²) < 4.78 is 6.85. The number of nitrogens with one attached hydrogen (secondary N) is 1. The van der Waals surface area contributed by atoms with E-state index in [1.54, 1.807) is 47.4 Å². The molecule has 4 rings (SSSR count). The molecular formula is C18H13ClN4O2. The van der Waals surface area contributed by atoms with Crippen molar-refractivity contribution in [2.75, 3.05) is 0 Å². The van der Waals surface area contributed by atoms with Crippen molar-refractivity contribution in [2.24, 2.45) is 0 Å². The largest absolute Gasteiger partial charge is 0.472 e. The number of nitrogens with zero attached hydrogens (tertiary/aromatic N) is 3. The van der Waals surface area contributed by atoms with Gasteiger partial charge in [-0.1, -0.05) is 23.7 Å². The van der Waals surface area contributed by atoms with Gasteiger partial charge in [-0.25, -0.2) is 0 Å². The fourth-order valence-corrected chi connectivity index (χ4v) is 2.76. The van der Waals surface area contributed by atoms with E-state index < -0.39 is 0 Å². The number of halogens is 1. The van der Waals surface area contributed by atoms with Crippen LogP contribution in [0.15, 0.2) is 65.6 Å². The topological polar surface area (TPSA) is 72.4 Å². The number of amides is 1. The minimum Gasteiger partial charge on any atom is -0.472 e. The quantitative estimate of drug-likeness (QED) is 0.609. The third-order valence-corrected chi connectivity index (χ3v) is 4.02. The highest BCUT2D eigenvalue weighted by atomic mass is 35.5. The molecular weight excluding hydrogens is 340 g/mol. The SMILES string of the molecule is O=C(NCc1cccc(Cl)c1)c1ccc2nnc(-c3ccoc3)n2c1. The summed E-state index contributed by atoms with van der Waals surface area (Å²) in [4.78, 5) is 12.4. The van der Waals surface area contributed by atoms with E-state index in [0.29, 0.717) is 28.6 Å². The summed E-state index contributed by atoms with van der Waals surface area (Å²) in [7, 11) is 0. The molecule has 4 aromatic rings. The van der Waals surface area contributed by atoms with Gasteiger partial charge in [0.2, 0.25) is 0 Å². The molecule has 0 aliphatic rings. The van der Waals surface area contributed by atoms with Crippen LogP contribution in [0.1, 0.15) is 15.9 Å². The van der Waals surface area contributed by atoms with Gasteiger partial charge in [-0.2, -0.15) is 0 Å². The zero-order valence-corrected chi connectivity index (χ0v) is 13.8. The molecule has 3 heterocycles. The van der Waals surface area contributed by atoms with Gasteiger partial charge in [0.25, 0.3) is 5.91 Å². The minimum atomic E-state index is -0.186. The van der Waals surface area contributed by atoms with E-state index in [1.165, 1.54) is 0 Å². The van der Waals surface area contributed by atoms with Crippen molar-refractivity contribution in [3.05, 3.63) is 77.3 Å². The smallest absolute Gasteiger partial charge is 0.253 e. The molecule has 0 bridgehead atoms. The fourth-order valence-electron chi connectivity index (χ4n) is 2.54. The molecule has 1 aromatic carbocycles. The van der Waals surface area contributed by atoms with Crippen molar-refractivity contribution in [3.63, 3.8) is 0 Å². The summed E-state index contributed by atoms with van der Waals surface area (Å²) in [5.74, 6) is 0.432.